The van der Waals surface area contributed by atoms with Crippen LogP contribution in [0.25, 0.3) is 11.1 Å². The number of carboxylic acid groups (broad SMARTS) is 1. The molecule has 1 saturated carbocycles. The second-order valence-corrected chi connectivity index (χ2v) is 13.9. The minimum Gasteiger partial charge on any atom is -0.481 e. The molecule has 3 aliphatic rings. The van der Waals surface area contributed by atoms with Crippen LogP contribution in [0.1, 0.15) is 55.2 Å². The number of likely N-dealkylation sites (tertiary alicyclic amines) is 1. The molecule has 2 aliphatic carbocycles. The Labute approximate surface area is 236 Å². The van der Waals surface area contributed by atoms with Gasteiger partial charge in [-0.3, -0.25) is 9.59 Å². The molecule has 208 valence electrons. The number of benzene rings is 3. The SMILES string of the molecule is Cc1ccc(S(=O)(=O)C23CCN(C(=O)C4CCC(C(=O)O)CC4)C2CCc2cc(-c4ccccc4)ccc23)cc1. The number of carboxylic acids is 1. The molecule has 2 fully saturated rings. The molecule has 2 atom stereocenters. The first-order valence-electron chi connectivity index (χ1n) is 14.3. The van der Waals surface area contributed by atoms with Gasteiger partial charge in [0.05, 0.1) is 16.9 Å². The van der Waals surface area contributed by atoms with Crippen LogP contribution in [0.5, 0.6) is 0 Å². The van der Waals surface area contributed by atoms with E-state index in [1.807, 2.05) is 54.3 Å². The summed E-state index contributed by atoms with van der Waals surface area (Å²) in [5.41, 5.74) is 4.98. The molecule has 0 spiro atoms. The summed E-state index contributed by atoms with van der Waals surface area (Å²) >= 11 is 0. The van der Waals surface area contributed by atoms with Gasteiger partial charge in [0.2, 0.25) is 5.91 Å². The zero-order valence-electron chi connectivity index (χ0n) is 22.8. The number of aryl methyl sites for hydroxylation is 2. The van der Waals surface area contributed by atoms with Crippen LogP contribution < -0.4 is 0 Å². The first-order chi connectivity index (χ1) is 19.2. The lowest BCUT2D eigenvalue weighted by molar-refractivity contribution is -0.146. The van der Waals surface area contributed by atoms with Gasteiger partial charge in [0, 0.05) is 12.5 Å². The summed E-state index contributed by atoms with van der Waals surface area (Å²) < 4.78 is 28.1. The Bertz CT molecular complexity index is 1540. The summed E-state index contributed by atoms with van der Waals surface area (Å²) in [6.45, 7) is 2.32. The molecule has 1 saturated heterocycles. The summed E-state index contributed by atoms with van der Waals surface area (Å²) in [5, 5.41) is 9.40. The highest BCUT2D eigenvalue weighted by Gasteiger charge is 2.61. The summed E-state index contributed by atoms with van der Waals surface area (Å²) in [6.07, 6.45) is 3.67. The number of amides is 1. The van der Waals surface area contributed by atoms with Crippen LogP contribution in [-0.2, 0) is 30.6 Å². The summed E-state index contributed by atoms with van der Waals surface area (Å²) in [6, 6.07) is 22.8. The Balaban J connectivity index is 1.42. The normalized spacial score (nSPS) is 26.1. The van der Waals surface area contributed by atoms with Crippen molar-refractivity contribution in [2.75, 3.05) is 6.54 Å². The van der Waals surface area contributed by atoms with E-state index in [-0.39, 0.29) is 11.8 Å². The molecule has 6 nitrogen and oxygen atoms in total. The summed E-state index contributed by atoms with van der Waals surface area (Å²) in [4.78, 5) is 27.5. The molecule has 1 heterocycles. The Morgan fingerprint density at radius 3 is 2.20 bits per heavy atom. The fourth-order valence-electron chi connectivity index (χ4n) is 7.35. The highest BCUT2D eigenvalue weighted by Crippen LogP contribution is 2.53. The fraction of sp³-hybridized carbons (Fsp3) is 0.394. The van der Waals surface area contributed by atoms with Gasteiger partial charge in [-0.05, 0) is 86.3 Å². The number of rotatable bonds is 5. The molecule has 0 aromatic heterocycles. The van der Waals surface area contributed by atoms with Crippen LogP contribution in [-0.4, -0.2) is 42.9 Å². The standard InChI is InChI=1S/C33H35NO5S/c1-22-7-15-28(16-8-22)40(38,39)33-19-20-34(31(35)24-9-11-25(12-10-24)32(36)37)30(33)18-14-27-21-26(13-17-29(27)33)23-5-3-2-4-6-23/h2-8,13,15-17,21,24-25,30H,9-12,14,18-20H2,1H3,(H,36,37). The lowest BCUT2D eigenvalue weighted by atomic mass is 9.77. The van der Waals surface area contributed by atoms with E-state index in [9.17, 15) is 23.1 Å². The maximum atomic E-state index is 14.7. The Kier molecular flexibility index (Phi) is 6.81. The van der Waals surface area contributed by atoms with Crippen molar-refractivity contribution in [1.29, 1.82) is 0 Å². The minimum atomic E-state index is -3.86. The maximum Gasteiger partial charge on any atom is 0.306 e. The quantitative estimate of drug-likeness (QED) is 0.430. The van der Waals surface area contributed by atoms with Gasteiger partial charge in [-0.2, -0.15) is 0 Å². The lowest BCUT2D eigenvalue weighted by Crippen LogP contribution is -2.53. The molecule has 0 bridgehead atoms. The smallest absolute Gasteiger partial charge is 0.306 e. The molecule has 3 aromatic rings. The number of carbonyl (C=O) groups is 2. The third-order valence-electron chi connectivity index (χ3n) is 9.51. The molecule has 1 amide bonds. The van der Waals surface area contributed by atoms with E-state index in [1.54, 1.807) is 12.1 Å². The Morgan fingerprint density at radius 1 is 0.850 bits per heavy atom. The zero-order chi connectivity index (χ0) is 28.1. The van der Waals surface area contributed by atoms with E-state index in [4.69, 9.17) is 0 Å². The topological polar surface area (TPSA) is 91.8 Å². The molecule has 6 rings (SSSR count). The van der Waals surface area contributed by atoms with E-state index in [1.165, 1.54) is 0 Å². The number of fused-ring (bicyclic) bond motifs is 3. The fourth-order valence-corrected chi connectivity index (χ4v) is 9.72. The van der Waals surface area contributed by atoms with E-state index in [0.29, 0.717) is 56.4 Å². The van der Waals surface area contributed by atoms with Gasteiger partial charge in [-0.25, -0.2) is 8.42 Å². The molecule has 40 heavy (non-hydrogen) atoms. The van der Waals surface area contributed by atoms with Gasteiger partial charge in [-0.15, -0.1) is 0 Å². The maximum absolute atomic E-state index is 14.7. The van der Waals surface area contributed by atoms with Gasteiger partial charge in [0.1, 0.15) is 4.75 Å². The van der Waals surface area contributed by atoms with Crippen LogP contribution in [0.4, 0.5) is 0 Å². The van der Waals surface area contributed by atoms with Crippen molar-refractivity contribution in [3.63, 3.8) is 0 Å². The van der Waals surface area contributed by atoms with Crippen molar-refractivity contribution >= 4 is 21.7 Å². The molecule has 3 aromatic carbocycles. The number of hydrogen-bond acceptors (Lipinski definition) is 4. The van der Waals surface area contributed by atoms with Crippen molar-refractivity contribution in [1.82, 2.24) is 4.90 Å². The van der Waals surface area contributed by atoms with Crippen LogP contribution in [0.15, 0.2) is 77.7 Å². The largest absolute Gasteiger partial charge is 0.481 e. The molecule has 1 aliphatic heterocycles. The van der Waals surface area contributed by atoms with Gasteiger partial charge in [0.15, 0.2) is 9.84 Å². The van der Waals surface area contributed by atoms with Gasteiger partial charge in [0.25, 0.3) is 0 Å². The second kappa shape index (κ2) is 10.2. The van der Waals surface area contributed by atoms with Crippen LogP contribution in [0, 0.1) is 18.8 Å². The summed E-state index contributed by atoms with van der Waals surface area (Å²) in [5.74, 6) is -1.47. The Hall–Kier alpha value is -3.45. The monoisotopic (exact) mass is 557 g/mol. The average Bonchev–Trinajstić information content (AvgIpc) is 3.39. The van der Waals surface area contributed by atoms with Crippen molar-refractivity contribution in [3.8, 4) is 11.1 Å². The van der Waals surface area contributed by atoms with Crippen LogP contribution in [0.3, 0.4) is 0 Å². The van der Waals surface area contributed by atoms with Crippen molar-refractivity contribution < 1.29 is 23.1 Å². The molecular formula is C33H35NO5S. The van der Waals surface area contributed by atoms with E-state index in [2.05, 4.69) is 18.2 Å². The number of carbonyl (C=O) groups excluding carboxylic acids is 1. The third kappa shape index (κ3) is 4.26. The molecule has 2 unspecified atom stereocenters. The van der Waals surface area contributed by atoms with Crippen molar-refractivity contribution in [2.24, 2.45) is 11.8 Å². The Morgan fingerprint density at radius 2 is 1.52 bits per heavy atom. The number of sulfone groups is 1. The molecule has 1 N–H and O–H groups in total. The average molecular weight is 558 g/mol. The van der Waals surface area contributed by atoms with Crippen LogP contribution in [0.2, 0.25) is 0 Å². The molecule has 7 heteroatoms. The number of aliphatic carboxylic acids is 1. The van der Waals surface area contributed by atoms with Crippen molar-refractivity contribution in [2.45, 2.75) is 67.6 Å². The highest BCUT2D eigenvalue weighted by molar-refractivity contribution is 7.92. The van der Waals surface area contributed by atoms with E-state index >= 15 is 0 Å². The van der Waals surface area contributed by atoms with Crippen LogP contribution >= 0.6 is 0 Å². The number of nitrogens with zero attached hydrogens (tertiary/aromatic N) is 1. The predicted molar refractivity (Wildman–Crippen MR) is 153 cm³/mol. The number of hydrogen-bond donors (Lipinski definition) is 1. The molecular weight excluding hydrogens is 522 g/mol. The van der Waals surface area contributed by atoms with Crippen molar-refractivity contribution in [3.05, 3.63) is 89.5 Å². The summed E-state index contributed by atoms with van der Waals surface area (Å²) in [7, 11) is -3.86. The zero-order valence-corrected chi connectivity index (χ0v) is 23.6. The van der Waals surface area contributed by atoms with Gasteiger partial charge >= 0.3 is 5.97 Å². The van der Waals surface area contributed by atoms with E-state index < -0.39 is 32.5 Å². The predicted octanol–water partition coefficient (Wildman–Crippen LogP) is 5.77. The van der Waals surface area contributed by atoms with E-state index in [0.717, 1.165) is 27.8 Å². The second-order valence-electron chi connectivity index (χ2n) is 11.7. The van der Waals surface area contributed by atoms with Gasteiger partial charge in [-0.1, -0.05) is 66.2 Å². The minimum absolute atomic E-state index is 0.0147. The molecule has 0 radical (unpaired) electrons. The highest BCUT2D eigenvalue weighted by atomic mass is 32.2. The third-order valence-corrected chi connectivity index (χ3v) is 12.1. The first-order valence-corrected chi connectivity index (χ1v) is 15.7. The lowest BCUT2D eigenvalue weighted by Gasteiger charge is -2.43. The first kappa shape index (κ1) is 26.8. The van der Waals surface area contributed by atoms with Gasteiger partial charge < -0.3 is 10.0 Å².